The number of hydrogen-bond acceptors (Lipinski definition) is 6. The van der Waals surface area contributed by atoms with Crippen molar-refractivity contribution in [2.24, 2.45) is 11.8 Å². The molecule has 3 atom stereocenters. The molecule has 0 radical (unpaired) electrons. The van der Waals surface area contributed by atoms with Crippen LogP contribution in [0, 0.1) is 22.0 Å². The van der Waals surface area contributed by atoms with Crippen LogP contribution in [0.2, 0.25) is 0 Å². The molecule has 2 saturated heterocycles. The Balaban J connectivity index is 1.24. The lowest BCUT2D eigenvalue weighted by Gasteiger charge is -2.40. The Hall–Kier alpha value is -3.69. The van der Waals surface area contributed by atoms with E-state index in [4.69, 9.17) is 4.74 Å². The maximum atomic E-state index is 13.3. The van der Waals surface area contributed by atoms with Crippen LogP contribution in [0.5, 0.6) is 0 Å². The van der Waals surface area contributed by atoms with Crippen molar-refractivity contribution in [1.29, 1.82) is 0 Å². The summed E-state index contributed by atoms with van der Waals surface area (Å²) in [4.78, 5) is 53.0. The minimum Gasteiger partial charge on any atom is -0.444 e. The first-order valence-electron chi connectivity index (χ1n) is 12.3. The number of nitrogens with one attached hydrogen (secondary N) is 1. The molecule has 3 aliphatic rings. The highest BCUT2D eigenvalue weighted by Gasteiger charge is 2.56. The molecule has 1 saturated carbocycles. The van der Waals surface area contributed by atoms with Crippen molar-refractivity contribution < 1.29 is 24.0 Å². The number of carbonyl (C=O) groups excluding carboxylic acids is 3. The predicted molar refractivity (Wildman–Crippen MR) is 132 cm³/mol. The number of hydrogen-bond donors (Lipinski definition) is 1. The molecule has 1 aliphatic carbocycles. The molecule has 2 heterocycles. The van der Waals surface area contributed by atoms with Gasteiger partial charge in [-0.15, -0.1) is 0 Å². The van der Waals surface area contributed by atoms with E-state index in [1.165, 1.54) is 6.07 Å². The fourth-order valence-corrected chi connectivity index (χ4v) is 5.34. The first-order valence-corrected chi connectivity index (χ1v) is 12.3. The summed E-state index contributed by atoms with van der Waals surface area (Å²) in [6, 6.07) is 9.32. The van der Waals surface area contributed by atoms with Gasteiger partial charge in [0, 0.05) is 48.6 Å². The molecular weight excluding hydrogens is 464 g/mol. The number of non-ortho nitro benzene ring substituents is 1. The van der Waals surface area contributed by atoms with Gasteiger partial charge in [0.05, 0.1) is 10.3 Å². The smallest absolute Gasteiger partial charge is 0.410 e. The summed E-state index contributed by atoms with van der Waals surface area (Å²) >= 11 is 0. The van der Waals surface area contributed by atoms with Gasteiger partial charge < -0.3 is 19.9 Å². The molecule has 10 nitrogen and oxygen atoms in total. The summed E-state index contributed by atoms with van der Waals surface area (Å²) in [6.45, 7) is 6.38. The first kappa shape index (κ1) is 24.0. The molecule has 2 aliphatic heterocycles. The molecule has 10 heteroatoms. The average Bonchev–Trinajstić information content (AvgIpc) is 3.43. The Labute approximate surface area is 208 Å². The number of likely N-dealkylation sites (tertiary alicyclic amines) is 2. The zero-order chi connectivity index (χ0) is 25.8. The van der Waals surface area contributed by atoms with Crippen LogP contribution >= 0.6 is 0 Å². The highest BCUT2D eigenvalue weighted by Crippen LogP contribution is 2.48. The number of ether oxygens (including phenoxy) is 1. The lowest BCUT2D eigenvalue weighted by molar-refractivity contribution is -0.383. The summed E-state index contributed by atoms with van der Waals surface area (Å²) in [6.07, 6.45) is 1.43. The number of benzene rings is 2. The number of piperidine rings is 1. The van der Waals surface area contributed by atoms with Crippen molar-refractivity contribution in [2.75, 3.05) is 18.4 Å². The molecule has 0 bridgehead atoms. The number of amides is 3. The third kappa shape index (κ3) is 4.59. The van der Waals surface area contributed by atoms with E-state index in [1.54, 1.807) is 40.1 Å². The number of nitrogens with zero attached hydrogens (tertiary/aromatic N) is 3. The minimum absolute atomic E-state index is 0.0246. The van der Waals surface area contributed by atoms with Gasteiger partial charge in [-0.3, -0.25) is 19.7 Å². The maximum Gasteiger partial charge on any atom is 0.410 e. The lowest BCUT2D eigenvalue weighted by atomic mass is 9.95. The Morgan fingerprint density at radius 2 is 1.78 bits per heavy atom. The van der Waals surface area contributed by atoms with E-state index in [0.717, 1.165) is 6.42 Å². The summed E-state index contributed by atoms with van der Waals surface area (Å²) in [7, 11) is 0. The topological polar surface area (TPSA) is 122 Å². The van der Waals surface area contributed by atoms with E-state index < -0.39 is 16.6 Å². The fraction of sp³-hybridized carbons (Fsp3) is 0.500. The summed E-state index contributed by atoms with van der Waals surface area (Å²) < 4.78 is 5.38. The van der Waals surface area contributed by atoms with Crippen molar-refractivity contribution in [3.8, 4) is 0 Å². The van der Waals surface area contributed by atoms with E-state index in [0.29, 0.717) is 41.9 Å². The van der Waals surface area contributed by atoms with Crippen molar-refractivity contribution in [2.45, 2.75) is 57.7 Å². The molecule has 1 N–H and O–H groups in total. The van der Waals surface area contributed by atoms with E-state index >= 15 is 0 Å². The third-order valence-electron chi connectivity index (χ3n) is 7.12. The number of rotatable bonds is 5. The molecule has 5 rings (SSSR count). The number of carbonyl (C=O) groups is 3. The average molecular weight is 495 g/mol. The summed E-state index contributed by atoms with van der Waals surface area (Å²) in [5, 5.41) is 15.3. The van der Waals surface area contributed by atoms with Crippen LogP contribution in [0.25, 0.3) is 10.8 Å². The zero-order valence-corrected chi connectivity index (χ0v) is 20.6. The molecule has 0 unspecified atom stereocenters. The number of nitro groups is 1. The van der Waals surface area contributed by atoms with Gasteiger partial charge in [-0.05, 0) is 51.7 Å². The largest absolute Gasteiger partial charge is 0.444 e. The Morgan fingerprint density at radius 3 is 2.44 bits per heavy atom. The predicted octanol–water partition coefficient (Wildman–Crippen LogP) is 3.93. The first-order chi connectivity index (χ1) is 17.0. The molecule has 2 aromatic carbocycles. The van der Waals surface area contributed by atoms with Crippen molar-refractivity contribution in [3.63, 3.8) is 0 Å². The van der Waals surface area contributed by atoms with Gasteiger partial charge in [0.15, 0.2) is 0 Å². The monoisotopic (exact) mass is 494 g/mol. The van der Waals surface area contributed by atoms with Gasteiger partial charge in [-0.1, -0.05) is 18.2 Å². The molecule has 2 aromatic rings. The normalized spacial score (nSPS) is 23.1. The van der Waals surface area contributed by atoms with Gasteiger partial charge in [-0.25, -0.2) is 4.79 Å². The zero-order valence-electron chi connectivity index (χ0n) is 20.6. The van der Waals surface area contributed by atoms with Crippen LogP contribution in [-0.2, 0) is 14.3 Å². The highest BCUT2D eigenvalue weighted by atomic mass is 16.6. The van der Waals surface area contributed by atoms with E-state index in [-0.39, 0.29) is 42.0 Å². The molecule has 3 fully saturated rings. The van der Waals surface area contributed by atoms with Crippen molar-refractivity contribution >= 4 is 40.1 Å². The van der Waals surface area contributed by atoms with Gasteiger partial charge in [-0.2, -0.15) is 0 Å². The molecule has 190 valence electrons. The van der Waals surface area contributed by atoms with Gasteiger partial charge >= 0.3 is 6.09 Å². The van der Waals surface area contributed by atoms with E-state index in [1.807, 2.05) is 20.8 Å². The highest BCUT2D eigenvalue weighted by molar-refractivity contribution is 6.07. The van der Waals surface area contributed by atoms with Crippen molar-refractivity contribution in [3.05, 3.63) is 46.5 Å². The second-order valence-corrected chi connectivity index (χ2v) is 11.0. The van der Waals surface area contributed by atoms with Crippen LogP contribution in [0.4, 0.5) is 16.2 Å². The Morgan fingerprint density at radius 1 is 1.08 bits per heavy atom. The third-order valence-corrected chi connectivity index (χ3v) is 7.12. The molecule has 3 amide bonds. The van der Waals surface area contributed by atoms with E-state index in [9.17, 15) is 24.5 Å². The number of fused-ring (bicyclic) bond motifs is 2. The van der Waals surface area contributed by atoms with Crippen LogP contribution in [0.1, 0.15) is 40.0 Å². The van der Waals surface area contributed by atoms with Crippen LogP contribution < -0.4 is 5.32 Å². The summed E-state index contributed by atoms with van der Waals surface area (Å²) in [5.74, 6) is 0.0317. The van der Waals surface area contributed by atoms with Gasteiger partial charge in [0.2, 0.25) is 11.8 Å². The van der Waals surface area contributed by atoms with Crippen molar-refractivity contribution in [1.82, 2.24) is 9.80 Å². The second kappa shape index (κ2) is 8.76. The number of anilines is 1. The summed E-state index contributed by atoms with van der Waals surface area (Å²) in [5.41, 5.74) is -0.103. The van der Waals surface area contributed by atoms with Gasteiger partial charge in [0.25, 0.3) is 5.69 Å². The lowest BCUT2D eigenvalue weighted by Crippen LogP contribution is -2.54. The van der Waals surface area contributed by atoms with Crippen LogP contribution in [0.15, 0.2) is 36.4 Å². The standard InChI is InChI=1S/C26H30N4O6/c1-26(2,3)36-25(33)28-13-15(14-28)10-23(31)29-21-11-16(21)12-22(29)24(32)27-19-8-9-20(30(34)35)18-7-5-4-6-17(18)19/h4-9,15-16,21-22H,10-14H2,1-3H3,(H,27,32)/t16-,21-,22+/m1/s1. The number of nitro benzene ring substituents is 1. The molecule has 0 spiro atoms. The van der Waals surface area contributed by atoms with Gasteiger partial charge in [0.1, 0.15) is 11.6 Å². The Bertz CT molecular complexity index is 1250. The molecule has 0 aromatic heterocycles. The van der Waals surface area contributed by atoms with Crippen LogP contribution in [0.3, 0.4) is 0 Å². The minimum atomic E-state index is -0.572. The Kier molecular flexibility index (Phi) is 5.84. The maximum absolute atomic E-state index is 13.3. The van der Waals surface area contributed by atoms with Crippen LogP contribution in [-0.4, -0.2) is 63.4 Å². The SMILES string of the molecule is CC(C)(C)OC(=O)N1CC(CC(=O)N2[C@@H]3C[C@@H]3C[C@H]2C(=O)Nc2ccc([N+](=O)[O-])c3ccccc23)C1. The molecular formula is C26H30N4O6. The fourth-order valence-electron chi connectivity index (χ4n) is 5.34. The second-order valence-electron chi connectivity index (χ2n) is 11.0. The molecule has 36 heavy (non-hydrogen) atoms. The quantitative estimate of drug-likeness (QED) is 0.496. The van der Waals surface area contributed by atoms with E-state index in [2.05, 4.69) is 5.32 Å².